The lowest BCUT2D eigenvalue weighted by Gasteiger charge is -2.47. The zero-order valence-corrected chi connectivity index (χ0v) is 30.2. The van der Waals surface area contributed by atoms with Crippen molar-refractivity contribution in [3.63, 3.8) is 0 Å². The molecule has 14 nitrogen and oxygen atoms in total. The van der Waals surface area contributed by atoms with Crippen molar-refractivity contribution >= 4 is 27.8 Å². The maximum atomic E-state index is 14.0. The molecule has 2 unspecified atom stereocenters. The number of nitrogens with zero attached hydrogens (tertiary/aromatic N) is 1. The smallest absolute Gasteiger partial charge is 0.341 e. The van der Waals surface area contributed by atoms with Gasteiger partial charge in [-0.1, -0.05) is 12.2 Å². The predicted octanol–water partition coefficient (Wildman–Crippen LogP) is 3.43. The first-order chi connectivity index (χ1) is 25.8. The van der Waals surface area contributed by atoms with E-state index in [0.29, 0.717) is 36.8 Å². The van der Waals surface area contributed by atoms with Crippen molar-refractivity contribution in [1.29, 1.82) is 0 Å². The molecule has 282 valence electrons. The molecule has 8 heterocycles. The molecule has 4 aromatic rings. The summed E-state index contributed by atoms with van der Waals surface area (Å²) in [4.78, 5) is 30.2. The van der Waals surface area contributed by atoms with Crippen molar-refractivity contribution in [2.75, 3.05) is 0 Å². The van der Waals surface area contributed by atoms with Crippen LogP contribution in [-0.4, -0.2) is 67.3 Å². The fraction of sp³-hybridized carbons (Fsp3) is 0.400. The Hall–Kier alpha value is -5.60. The van der Waals surface area contributed by atoms with Crippen LogP contribution in [0.1, 0.15) is 56.8 Å². The highest BCUT2D eigenvalue weighted by Crippen LogP contribution is 2.54. The molecule has 2 saturated heterocycles. The Morgan fingerprint density at radius 3 is 2.70 bits per heavy atom. The number of nitrogens with two attached hydrogens (primary N) is 2. The van der Waals surface area contributed by atoms with Crippen LogP contribution in [0.15, 0.2) is 93.1 Å². The van der Waals surface area contributed by atoms with Crippen molar-refractivity contribution in [3.8, 4) is 11.5 Å². The maximum absolute atomic E-state index is 14.0. The predicted molar refractivity (Wildman–Crippen MR) is 199 cm³/mol. The average Bonchev–Trinajstić information content (AvgIpc) is 3.43. The van der Waals surface area contributed by atoms with Crippen molar-refractivity contribution in [1.82, 2.24) is 20.2 Å². The number of hydrogen-bond acceptors (Lipinski definition) is 12. The summed E-state index contributed by atoms with van der Waals surface area (Å²) < 4.78 is 26.5. The van der Waals surface area contributed by atoms with E-state index in [0.717, 1.165) is 22.0 Å². The van der Waals surface area contributed by atoms with E-state index in [4.69, 9.17) is 30.1 Å². The number of H-pyrrole nitrogens is 1. The Balaban J connectivity index is 0.911. The largest absolute Gasteiger partial charge is 0.507 e. The molecule has 1 spiro atoms. The number of phenolic OH excluding ortho intramolecular Hbond substituents is 1. The molecule has 0 radical (unpaired) electrons. The van der Waals surface area contributed by atoms with Crippen LogP contribution in [0, 0.1) is 6.92 Å². The second-order valence-electron chi connectivity index (χ2n) is 15.7. The second kappa shape index (κ2) is 12.2. The van der Waals surface area contributed by atoms with Crippen molar-refractivity contribution in [2.24, 2.45) is 11.5 Å². The Morgan fingerprint density at radius 2 is 1.89 bits per heavy atom. The molecular formula is C40H44N6O8. The number of aromatic amines is 1. The van der Waals surface area contributed by atoms with Gasteiger partial charge in [-0.25, -0.2) is 4.79 Å². The van der Waals surface area contributed by atoms with Crippen LogP contribution in [0.5, 0.6) is 11.5 Å². The summed E-state index contributed by atoms with van der Waals surface area (Å²) in [5.41, 5.74) is 13.4. The second-order valence-corrected chi connectivity index (χ2v) is 15.7. The van der Waals surface area contributed by atoms with Crippen LogP contribution in [0.3, 0.4) is 0 Å². The molecule has 1 aromatic carbocycles. The number of nitrogens with one attached hydrogen (secondary N) is 3. The lowest BCUT2D eigenvalue weighted by atomic mass is 9.74. The summed E-state index contributed by atoms with van der Waals surface area (Å²) in [5, 5.41) is 31.0. The number of esters is 1. The number of rotatable bonds is 6. The highest BCUT2D eigenvalue weighted by Gasteiger charge is 2.66. The SMILES string of the molecule is Cc1cc(=O)c2c(O)c3c(cc2o1)OC(C)(C)[C@@H]1OC(=O)[C@@]2(CC[C@@H](O)[C@H]31)O[C@@H]2CCC1=CC(C2=CC(Cn3cc4cc[nH]c4c3)NC(N)=C2)NC(N)=C1. The minimum absolute atomic E-state index is 0.0146. The number of carbonyl (C=O) groups excluding carboxylic acids is 1. The number of carbonyl (C=O) groups is 1. The number of benzene rings is 1. The van der Waals surface area contributed by atoms with Crippen molar-refractivity contribution < 1.29 is 33.6 Å². The first kappa shape index (κ1) is 34.2. The number of hydrogen-bond donors (Lipinski definition) is 7. The lowest BCUT2D eigenvalue weighted by molar-refractivity contribution is -0.179. The minimum atomic E-state index is -1.22. The van der Waals surface area contributed by atoms with Gasteiger partial charge in [-0.15, -0.1) is 0 Å². The molecule has 3 aromatic heterocycles. The van der Waals surface area contributed by atoms with Gasteiger partial charge in [0.1, 0.15) is 33.8 Å². The Kier molecular flexibility index (Phi) is 7.73. The van der Waals surface area contributed by atoms with Gasteiger partial charge >= 0.3 is 5.97 Å². The van der Waals surface area contributed by atoms with E-state index in [1.54, 1.807) is 26.8 Å². The average molecular weight is 737 g/mol. The standard InChI is InChI=1S/C40H44N6O8/c1-19-10-27(48)33-28(51-19)15-29-35(36(33)49)34-26(47)6-8-40(38(50)52-37(34)39(2,3)53-29)30(54-40)5-4-20-11-24(45-31(41)12-20)22-13-23(44-32(42)14-22)17-46-16-21-7-9-43-25(21)18-46/h7,9-16,18,23-24,26,30,34,37,43-45,47,49H,4-6,8,17,41-42H2,1-3H3/t23?,24?,26-,30-,34-,37-,40+/m1/s1. The number of phenols is 1. The molecule has 9 N–H and O–H groups in total. The highest BCUT2D eigenvalue weighted by molar-refractivity contribution is 5.88. The van der Waals surface area contributed by atoms with E-state index in [2.05, 4.69) is 44.7 Å². The molecule has 9 rings (SSSR count). The Bertz CT molecular complexity index is 2370. The van der Waals surface area contributed by atoms with Gasteiger partial charge in [-0.3, -0.25) is 4.79 Å². The summed E-state index contributed by atoms with van der Waals surface area (Å²) >= 11 is 0. The summed E-state index contributed by atoms with van der Waals surface area (Å²) in [7, 11) is 0. The summed E-state index contributed by atoms with van der Waals surface area (Å²) in [5.74, 6) is -0.000307. The molecule has 14 heteroatoms. The molecule has 2 fully saturated rings. The zero-order chi connectivity index (χ0) is 37.7. The third-order valence-electron chi connectivity index (χ3n) is 11.4. The van der Waals surface area contributed by atoms with E-state index in [-0.39, 0.29) is 53.0 Å². The van der Waals surface area contributed by atoms with Crippen LogP contribution < -0.4 is 32.3 Å². The number of aromatic nitrogens is 2. The van der Waals surface area contributed by atoms with Crippen LogP contribution in [0.4, 0.5) is 0 Å². The number of ether oxygens (including phenoxy) is 3. The molecule has 5 aliphatic rings. The molecule has 54 heavy (non-hydrogen) atoms. The molecule has 0 saturated carbocycles. The number of allylic oxidation sites excluding steroid dienone is 2. The van der Waals surface area contributed by atoms with Gasteiger partial charge in [0.25, 0.3) is 0 Å². The van der Waals surface area contributed by atoms with E-state index < -0.39 is 46.8 Å². The van der Waals surface area contributed by atoms with Crippen LogP contribution in [0.2, 0.25) is 0 Å². The van der Waals surface area contributed by atoms with E-state index in [1.807, 2.05) is 24.4 Å². The quantitative estimate of drug-likeness (QED) is 0.112. The summed E-state index contributed by atoms with van der Waals surface area (Å²) in [6.45, 7) is 5.87. The summed E-state index contributed by atoms with van der Waals surface area (Å²) in [6, 6.07) is 4.65. The van der Waals surface area contributed by atoms with Gasteiger partial charge in [0.15, 0.2) is 17.1 Å². The van der Waals surface area contributed by atoms with Crippen LogP contribution in [0.25, 0.3) is 21.9 Å². The normalized spacial score (nSPS) is 30.0. The van der Waals surface area contributed by atoms with E-state index >= 15 is 0 Å². The van der Waals surface area contributed by atoms with Crippen molar-refractivity contribution in [3.05, 3.63) is 105 Å². The topological polar surface area (TPSA) is 216 Å². The first-order valence-corrected chi connectivity index (χ1v) is 18.4. The van der Waals surface area contributed by atoms with Gasteiger partial charge in [0.05, 0.1) is 47.4 Å². The first-order valence-electron chi connectivity index (χ1n) is 18.4. The number of aryl methyl sites for hydroxylation is 1. The van der Waals surface area contributed by atoms with E-state index in [1.165, 1.54) is 6.07 Å². The summed E-state index contributed by atoms with van der Waals surface area (Å²) in [6.07, 6.45) is 13.2. The number of aromatic hydroxyl groups is 1. The van der Waals surface area contributed by atoms with E-state index in [9.17, 15) is 19.8 Å². The third kappa shape index (κ3) is 5.71. The fourth-order valence-electron chi connectivity index (χ4n) is 8.87. The fourth-order valence-corrected chi connectivity index (χ4v) is 8.87. The molecular weight excluding hydrogens is 692 g/mol. The number of dihydropyridines is 2. The molecule has 7 atom stereocenters. The maximum Gasteiger partial charge on any atom is 0.341 e. The van der Waals surface area contributed by atoms with Gasteiger partial charge < -0.3 is 60.5 Å². The van der Waals surface area contributed by atoms with Gasteiger partial charge in [0, 0.05) is 48.2 Å². The number of epoxide rings is 1. The van der Waals surface area contributed by atoms with Gasteiger partial charge in [0.2, 0.25) is 0 Å². The van der Waals surface area contributed by atoms with Crippen LogP contribution in [-0.2, 0) is 20.8 Å². The Morgan fingerprint density at radius 1 is 1.07 bits per heavy atom. The lowest BCUT2D eigenvalue weighted by Crippen LogP contribution is -2.56. The monoisotopic (exact) mass is 736 g/mol. The molecule has 0 aliphatic carbocycles. The van der Waals surface area contributed by atoms with Gasteiger partial charge in [-0.2, -0.15) is 0 Å². The third-order valence-corrected chi connectivity index (χ3v) is 11.4. The molecule has 0 bridgehead atoms. The molecule has 5 aliphatic heterocycles. The van der Waals surface area contributed by atoms with Crippen molar-refractivity contribution in [2.45, 2.75) is 101 Å². The minimum Gasteiger partial charge on any atom is -0.507 e. The number of aliphatic hydroxyl groups is 1. The number of fused-ring (bicyclic) bond motifs is 5. The Labute approximate surface area is 310 Å². The van der Waals surface area contributed by atoms with Crippen LogP contribution >= 0.6 is 0 Å². The molecule has 0 amide bonds. The van der Waals surface area contributed by atoms with Gasteiger partial charge in [-0.05, 0) is 75.8 Å². The zero-order valence-electron chi connectivity index (χ0n) is 30.2. The highest BCUT2D eigenvalue weighted by atomic mass is 16.7. The number of aliphatic hydroxyl groups excluding tert-OH is 1.